The Hall–Kier alpha value is -3.56. The number of aryl methyl sites for hydroxylation is 1. The molecule has 44 heavy (non-hydrogen) atoms. The monoisotopic (exact) mass is 594 g/mol. The number of piperazine rings is 1. The van der Waals surface area contributed by atoms with Gasteiger partial charge in [0.1, 0.15) is 24.1 Å². The van der Waals surface area contributed by atoms with E-state index in [1.807, 2.05) is 30.1 Å². The van der Waals surface area contributed by atoms with Crippen molar-refractivity contribution >= 4 is 33.7 Å². The molecule has 9 nitrogen and oxygen atoms in total. The molecule has 3 unspecified atom stereocenters. The number of hydrogen-bond donors (Lipinski definition) is 2. The van der Waals surface area contributed by atoms with Gasteiger partial charge in [0.15, 0.2) is 0 Å². The van der Waals surface area contributed by atoms with E-state index in [9.17, 15) is 9.90 Å². The molecule has 230 valence electrons. The van der Waals surface area contributed by atoms with Gasteiger partial charge in [-0.1, -0.05) is 18.2 Å². The second-order valence-electron chi connectivity index (χ2n) is 14.1. The van der Waals surface area contributed by atoms with Gasteiger partial charge in [-0.3, -0.25) is 9.69 Å². The fourth-order valence-corrected chi connectivity index (χ4v) is 9.58. The van der Waals surface area contributed by atoms with E-state index in [0.29, 0.717) is 25.1 Å². The van der Waals surface area contributed by atoms with Crippen molar-refractivity contribution in [2.24, 2.45) is 0 Å². The van der Waals surface area contributed by atoms with E-state index in [0.717, 1.165) is 80.7 Å². The number of pyridine rings is 1. The molecule has 9 rings (SSSR count). The molecule has 4 saturated heterocycles. The van der Waals surface area contributed by atoms with Crippen LogP contribution in [0, 0.1) is 6.92 Å². The van der Waals surface area contributed by atoms with Gasteiger partial charge in [-0.15, -0.1) is 0 Å². The minimum Gasteiger partial charge on any atom is -0.508 e. The summed E-state index contributed by atoms with van der Waals surface area (Å²) in [6.07, 6.45) is 7.72. The number of anilines is 3. The number of likely N-dealkylation sites (N-methyl/N-ethyl adjacent to an activating group) is 1. The molecule has 0 spiro atoms. The fourth-order valence-electron chi connectivity index (χ4n) is 9.58. The number of rotatable bonds is 4. The smallest absolute Gasteiger partial charge is 0.251 e. The number of nitrogens with zero attached hydrogens (tertiary/aromatic N) is 5. The number of phenols is 1. The Labute approximate surface area is 258 Å². The predicted molar refractivity (Wildman–Crippen MR) is 172 cm³/mol. The SMILES string of the molecule is Cc1cccc2cc(O)cc(N3CCc4c(nc(OCC56CCCN5CCC6)c5c4N4CC6CCC(N6)C4C(=O)N5C)C3)c12. The maximum absolute atomic E-state index is 14.0. The number of aromatic hydroxyl groups is 1. The van der Waals surface area contributed by atoms with Gasteiger partial charge < -0.3 is 29.9 Å². The van der Waals surface area contributed by atoms with Crippen LogP contribution in [0.15, 0.2) is 30.3 Å². The number of carbonyl (C=O) groups excluding carboxylic acids is 1. The average Bonchev–Trinajstić information content (AvgIpc) is 3.71. The van der Waals surface area contributed by atoms with Gasteiger partial charge in [0, 0.05) is 54.9 Å². The van der Waals surface area contributed by atoms with E-state index in [-0.39, 0.29) is 29.3 Å². The molecule has 7 heterocycles. The van der Waals surface area contributed by atoms with Crippen LogP contribution in [-0.2, 0) is 17.8 Å². The van der Waals surface area contributed by atoms with E-state index >= 15 is 0 Å². The van der Waals surface area contributed by atoms with Crippen molar-refractivity contribution in [1.29, 1.82) is 0 Å². The number of amides is 1. The quantitative estimate of drug-likeness (QED) is 0.467. The number of phenolic OH excluding ortho intramolecular Hbond substituents is 1. The molecule has 3 atom stereocenters. The highest BCUT2D eigenvalue weighted by Crippen LogP contribution is 2.50. The van der Waals surface area contributed by atoms with Crippen LogP contribution in [-0.4, -0.2) is 84.4 Å². The first kappa shape index (κ1) is 26.8. The third-order valence-electron chi connectivity index (χ3n) is 11.7. The molecular weight excluding hydrogens is 552 g/mol. The van der Waals surface area contributed by atoms with Crippen LogP contribution in [0.3, 0.4) is 0 Å². The summed E-state index contributed by atoms with van der Waals surface area (Å²) >= 11 is 0. The topological polar surface area (TPSA) is 84.4 Å². The zero-order valence-corrected chi connectivity index (χ0v) is 25.8. The molecule has 1 aromatic heterocycles. The second-order valence-corrected chi connectivity index (χ2v) is 14.1. The molecule has 4 fully saturated rings. The molecule has 1 amide bonds. The van der Waals surface area contributed by atoms with Crippen LogP contribution in [0.2, 0.25) is 0 Å². The number of benzene rings is 2. The first-order valence-corrected chi connectivity index (χ1v) is 16.6. The summed E-state index contributed by atoms with van der Waals surface area (Å²) in [7, 11) is 1.92. The predicted octanol–water partition coefficient (Wildman–Crippen LogP) is 4.10. The highest BCUT2D eigenvalue weighted by atomic mass is 16.5. The number of fused-ring (bicyclic) bond motifs is 10. The Kier molecular flexibility index (Phi) is 5.92. The highest BCUT2D eigenvalue weighted by Gasteiger charge is 2.51. The van der Waals surface area contributed by atoms with E-state index < -0.39 is 0 Å². The van der Waals surface area contributed by atoms with E-state index in [4.69, 9.17) is 9.72 Å². The summed E-state index contributed by atoms with van der Waals surface area (Å²) in [6.45, 7) is 7.33. The van der Waals surface area contributed by atoms with Crippen molar-refractivity contribution in [2.75, 3.05) is 54.5 Å². The van der Waals surface area contributed by atoms with Crippen LogP contribution < -0.4 is 24.8 Å². The molecule has 3 aromatic rings. The van der Waals surface area contributed by atoms with Crippen LogP contribution in [0.4, 0.5) is 17.1 Å². The van der Waals surface area contributed by atoms with Gasteiger partial charge in [0.2, 0.25) is 5.88 Å². The van der Waals surface area contributed by atoms with Crippen LogP contribution in [0.5, 0.6) is 11.6 Å². The molecule has 6 aliphatic rings. The van der Waals surface area contributed by atoms with Crippen molar-refractivity contribution in [3.63, 3.8) is 0 Å². The van der Waals surface area contributed by atoms with Gasteiger partial charge in [-0.05, 0) is 82.0 Å². The number of ether oxygens (including phenoxy) is 1. The molecule has 0 saturated carbocycles. The Morgan fingerprint density at radius 2 is 1.95 bits per heavy atom. The zero-order valence-electron chi connectivity index (χ0n) is 25.8. The number of carbonyl (C=O) groups is 1. The van der Waals surface area contributed by atoms with Gasteiger partial charge in [-0.2, -0.15) is 0 Å². The van der Waals surface area contributed by atoms with Gasteiger partial charge >= 0.3 is 0 Å². The zero-order chi connectivity index (χ0) is 29.7. The largest absolute Gasteiger partial charge is 0.508 e. The Bertz CT molecular complexity index is 1680. The molecular formula is C35H42N6O3. The Morgan fingerprint density at radius 3 is 2.80 bits per heavy atom. The minimum absolute atomic E-state index is 0.0858. The lowest BCUT2D eigenvalue weighted by Gasteiger charge is -2.49. The van der Waals surface area contributed by atoms with Gasteiger partial charge in [0.25, 0.3) is 5.91 Å². The van der Waals surface area contributed by atoms with Gasteiger partial charge in [0.05, 0.1) is 23.5 Å². The summed E-state index contributed by atoms with van der Waals surface area (Å²) in [6, 6.07) is 10.4. The fraction of sp³-hybridized carbons (Fsp3) is 0.543. The van der Waals surface area contributed by atoms with Crippen molar-refractivity contribution in [1.82, 2.24) is 15.2 Å². The van der Waals surface area contributed by atoms with E-state index in [2.05, 4.69) is 39.1 Å². The molecule has 2 bridgehead atoms. The molecule has 6 aliphatic heterocycles. The van der Waals surface area contributed by atoms with Crippen molar-refractivity contribution < 1.29 is 14.6 Å². The summed E-state index contributed by atoms with van der Waals surface area (Å²) in [5.74, 6) is 1.02. The maximum atomic E-state index is 14.0. The highest BCUT2D eigenvalue weighted by molar-refractivity contribution is 6.08. The summed E-state index contributed by atoms with van der Waals surface area (Å²) < 4.78 is 6.83. The normalized spacial score (nSPS) is 27.0. The lowest BCUT2D eigenvalue weighted by Crippen LogP contribution is -2.66. The lowest BCUT2D eigenvalue weighted by molar-refractivity contribution is -0.120. The van der Waals surface area contributed by atoms with Crippen molar-refractivity contribution in [2.45, 2.75) is 82.1 Å². The maximum Gasteiger partial charge on any atom is 0.251 e. The third kappa shape index (κ3) is 3.84. The standard InChI is InChI=1S/C35H42N6O3/c1-21-6-3-7-22-16-24(42)17-28(29(21)22)39-15-10-25-27(19-39)37-33(44-20-35-11-4-13-40(35)14-5-12-35)32-30(25)41-18-23-8-9-26(36-23)31(41)34(43)38(32)2/h3,6-7,16-17,23,26,31,36,42H,4-5,8-15,18-20H2,1-2H3. The van der Waals surface area contributed by atoms with E-state index in [1.165, 1.54) is 35.0 Å². The number of aromatic nitrogens is 1. The number of nitrogens with one attached hydrogen (secondary N) is 1. The van der Waals surface area contributed by atoms with Crippen molar-refractivity contribution in [3.05, 3.63) is 47.2 Å². The number of hydrogen-bond acceptors (Lipinski definition) is 8. The van der Waals surface area contributed by atoms with Crippen molar-refractivity contribution in [3.8, 4) is 11.6 Å². The second kappa shape index (κ2) is 9.72. The molecule has 9 heteroatoms. The Morgan fingerprint density at radius 1 is 1.11 bits per heavy atom. The molecule has 2 aromatic carbocycles. The van der Waals surface area contributed by atoms with Gasteiger partial charge in [-0.25, -0.2) is 4.98 Å². The molecule has 2 N–H and O–H groups in total. The van der Waals surface area contributed by atoms with Crippen LogP contribution in [0.25, 0.3) is 10.8 Å². The summed E-state index contributed by atoms with van der Waals surface area (Å²) in [5.41, 5.74) is 6.62. The average molecular weight is 595 g/mol. The first-order chi connectivity index (χ1) is 21.4. The third-order valence-corrected chi connectivity index (χ3v) is 11.7. The first-order valence-electron chi connectivity index (χ1n) is 16.6. The molecule has 0 radical (unpaired) electrons. The van der Waals surface area contributed by atoms with Crippen LogP contribution in [0.1, 0.15) is 55.3 Å². The summed E-state index contributed by atoms with van der Waals surface area (Å²) in [4.78, 5) is 28.6. The minimum atomic E-state index is -0.194. The lowest BCUT2D eigenvalue weighted by atomic mass is 9.92. The summed E-state index contributed by atoms with van der Waals surface area (Å²) in [5, 5.41) is 16.7. The van der Waals surface area contributed by atoms with Crippen LogP contribution >= 0.6 is 0 Å². The Balaban J connectivity index is 1.16. The van der Waals surface area contributed by atoms with E-state index in [1.54, 1.807) is 0 Å². The molecule has 0 aliphatic carbocycles.